The number of aromatic amines is 1. The maximum absolute atomic E-state index is 13.8. The number of halogens is 4. The Morgan fingerprint density at radius 2 is 1.75 bits per heavy atom. The van der Waals surface area contributed by atoms with Gasteiger partial charge >= 0.3 is 12.6 Å². The highest BCUT2D eigenvalue weighted by molar-refractivity contribution is 6.35. The number of ether oxygens (including phenoxy) is 3. The SMILES string of the molecule is CN(C)C(=O)c1cccc(CC(=O)N2CCC[C@H]2C(=O)O[C@@H](Cc2c(Cl)c[nH+]cc2Cl)c2ccc(OC(F)F)c(OCC3CC3)c2)c1.[OH-]. The predicted octanol–water partition coefficient (Wildman–Crippen LogP) is 5.78. The lowest BCUT2D eigenvalue weighted by Crippen LogP contribution is -2.42. The van der Waals surface area contributed by atoms with Crippen molar-refractivity contribution in [2.45, 2.75) is 57.3 Å². The van der Waals surface area contributed by atoms with Crippen molar-refractivity contribution in [3.05, 3.63) is 87.2 Å². The van der Waals surface area contributed by atoms with Crippen molar-refractivity contribution >= 4 is 41.0 Å². The van der Waals surface area contributed by atoms with Gasteiger partial charge in [0.25, 0.3) is 5.91 Å². The minimum Gasteiger partial charge on any atom is -0.870 e. The highest BCUT2D eigenvalue weighted by Gasteiger charge is 2.37. The summed E-state index contributed by atoms with van der Waals surface area (Å²) in [6, 6.07) is 10.4. The average Bonchev–Trinajstić information content (AvgIpc) is 3.73. The first kappa shape index (κ1) is 36.8. The molecule has 2 aliphatic rings. The highest BCUT2D eigenvalue weighted by atomic mass is 35.5. The maximum Gasteiger partial charge on any atom is 0.387 e. The third-order valence-electron chi connectivity index (χ3n) is 8.15. The number of nitrogens with one attached hydrogen (secondary N) is 1. The van der Waals surface area contributed by atoms with Crippen LogP contribution in [0.15, 0.2) is 54.9 Å². The number of carbonyl (C=O) groups excluding carboxylic acids is 3. The van der Waals surface area contributed by atoms with Crippen LogP contribution < -0.4 is 14.5 Å². The summed E-state index contributed by atoms with van der Waals surface area (Å²) in [6.45, 7) is -2.35. The molecule has 14 heteroatoms. The summed E-state index contributed by atoms with van der Waals surface area (Å²) >= 11 is 12.9. The van der Waals surface area contributed by atoms with Crippen LogP contribution in [0.3, 0.4) is 0 Å². The molecule has 0 unspecified atom stereocenters. The number of hydrogen-bond donors (Lipinski definition) is 0. The van der Waals surface area contributed by atoms with Gasteiger partial charge in [-0.15, -0.1) is 0 Å². The molecule has 5 rings (SSSR count). The maximum atomic E-state index is 13.8. The number of alkyl halides is 2. The van der Waals surface area contributed by atoms with Crippen LogP contribution in [0.2, 0.25) is 10.0 Å². The third-order valence-corrected chi connectivity index (χ3v) is 8.83. The zero-order valence-corrected chi connectivity index (χ0v) is 28.0. The van der Waals surface area contributed by atoms with Crippen molar-refractivity contribution in [2.75, 3.05) is 27.2 Å². The van der Waals surface area contributed by atoms with E-state index in [1.807, 2.05) is 0 Å². The number of amides is 2. The molecule has 0 bridgehead atoms. The number of pyridine rings is 1. The molecule has 1 aliphatic carbocycles. The molecule has 0 spiro atoms. The Balaban J connectivity index is 0.00000520. The van der Waals surface area contributed by atoms with Gasteiger partial charge in [0.05, 0.1) is 13.0 Å². The second-order valence-corrected chi connectivity index (χ2v) is 12.7. The van der Waals surface area contributed by atoms with E-state index in [2.05, 4.69) is 4.98 Å². The fraction of sp³-hybridized carbons (Fsp3) is 0.412. The van der Waals surface area contributed by atoms with Crippen molar-refractivity contribution in [3.8, 4) is 11.5 Å². The number of benzene rings is 2. The molecule has 0 radical (unpaired) electrons. The first-order chi connectivity index (χ1) is 22.5. The largest absolute Gasteiger partial charge is 0.870 e. The Hall–Kier alpha value is -4.00. The van der Waals surface area contributed by atoms with Crippen LogP contribution in [0.4, 0.5) is 8.78 Å². The summed E-state index contributed by atoms with van der Waals surface area (Å²) in [7, 11) is 3.30. The quantitative estimate of drug-likeness (QED) is 0.206. The number of hydrogen-bond acceptors (Lipinski definition) is 7. The summed E-state index contributed by atoms with van der Waals surface area (Å²) in [5.74, 6) is -0.776. The fourth-order valence-corrected chi connectivity index (χ4v) is 6.02. The second-order valence-electron chi connectivity index (χ2n) is 11.9. The van der Waals surface area contributed by atoms with Gasteiger partial charge in [0.15, 0.2) is 23.9 Å². The summed E-state index contributed by atoms with van der Waals surface area (Å²) < 4.78 is 43.0. The number of aromatic nitrogens is 1. The molecule has 2 heterocycles. The van der Waals surface area contributed by atoms with Gasteiger partial charge in [0.2, 0.25) is 5.91 Å². The van der Waals surface area contributed by atoms with E-state index in [0.717, 1.165) is 12.8 Å². The van der Waals surface area contributed by atoms with Crippen molar-refractivity contribution in [3.63, 3.8) is 0 Å². The number of H-pyrrole nitrogens is 1. The van der Waals surface area contributed by atoms with Crippen LogP contribution in [0.5, 0.6) is 11.5 Å². The molecule has 1 aromatic heterocycles. The zero-order valence-electron chi connectivity index (χ0n) is 26.5. The molecule has 10 nitrogen and oxygen atoms in total. The van der Waals surface area contributed by atoms with Gasteiger partial charge in [-0.1, -0.05) is 41.4 Å². The van der Waals surface area contributed by atoms with Crippen molar-refractivity contribution in [2.24, 2.45) is 5.92 Å². The molecule has 258 valence electrons. The number of likely N-dealkylation sites (tertiary alicyclic amines) is 1. The molecule has 2 aromatic carbocycles. The van der Waals surface area contributed by atoms with E-state index in [1.165, 1.54) is 28.0 Å². The Morgan fingerprint density at radius 3 is 2.42 bits per heavy atom. The van der Waals surface area contributed by atoms with Crippen LogP contribution in [0.1, 0.15) is 58.8 Å². The summed E-state index contributed by atoms with van der Waals surface area (Å²) in [4.78, 5) is 45.5. The lowest BCUT2D eigenvalue weighted by atomic mass is 10.0. The molecule has 48 heavy (non-hydrogen) atoms. The van der Waals surface area contributed by atoms with Gasteiger partial charge in [0.1, 0.15) is 22.2 Å². The van der Waals surface area contributed by atoms with Gasteiger partial charge in [-0.2, -0.15) is 8.78 Å². The Bertz CT molecular complexity index is 1600. The van der Waals surface area contributed by atoms with E-state index >= 15 is 0 Å². The summed E-state index contributed by atoms with van der Waals surface area (Å²) in [6.07, 6.45) is 5.16. The minimum absolute atomic E-state index is 0. The van der Waals surface area contributed by atoms with Crippen LogP contribution >= 0.6 is 23.2 Å². The molecule has 1 saturated carbocycles. The molecule has 2 fully saturated rings. The molecule has 1 aliphatic heterocycles. The van der Waals surface area contributed by atoms with Gasteiger partial charge in [-0.05, 0) is 67.0 Å². The monoisotopic (exact) mass is 707 g/mol. The van der Waals surface area contributed by atoms with Gasteiger partial charge < -0.3 is 29.5 Å². The second kappa shape index (κ2) is 16.4. The van der Waals surface area contributed by atoms with E-state index in [9.17, 15) is 23.2 Å². The molecular weight excluding hydrogens is 671 g/mol. The highest BCUT2D eigenvalue weighted by Crippen LogP contribution is 2.38. The lowest BCUT2D eigenvalue weighted by molar-refractivity contribution is -0.377. The minimum atomic E-state index is -3.06. The molecule has 2 atom stereocenters. The number of rotatable bonds is 13. The van der Waals surface area contributed by atoms with E-state index in [1.54, 1.807) is 50.8 Å². The standard InChI is InChI=1S/C34H35Cl2F2N3O6.H2O/c1-40(2)32(43)23-6-3-5-21(13-23)14-31(42)41-12-4-7-27(41)33(44)46-29(16-24-25(35)17-39-18-26(24)36)22-10-11-28(47-34(37)38)30(15-22)45-19-20-8-9-20;/h3,5-6,10-11,13,15,17-18,20,27,29,34H,4,7-9,12,14,16,19H2,1-2H3;1H2/t27-,29-;/m0./s1. The summed E-state index contributed by atoms with van der Waals surface area (Å²) in [5.41, 5.74) is 2.06. The first-order valence-corrected chi connectivity index (χ1v) is 16.1. The molecule has 3 aromatic rings. The van der Waals surface area contributed by atoms with Crippen molar-refractivity contribution in [1.82, 2.24) is 9.80 Å². The molecule has 1 saturated heterocycles. The van der Waals surface area contributed by atoms with E-state index < -0.39 is 24.7 Å². The first-order valence-electron chi connectivity index (χ1n) is 15.4. The molecule has 2 amide bonds. The lowest BCUT2D eigenvalue weighted by Gasteiger charge is -2.27. The molecule has 2 N–H and O–H groups in total. The number of carbonyl (C=O) groups is 3. The van der Waals surface area contributed by atoms with Gasteiger partial charge in [-0.3, -0.25) is 9.59 Å². The van der Waals surface area contributed by atoms with Crippen LogP contribution in [0.25, 0.3) is 0 Å². The predicted molar refractivity (Wildman–Crippen MR) is 172 cm³/mol. The van der Waals surface area contributed by atoms with Crippen molar-refractivity contribution in [1.29, 1.82) is 0 Å². The van der Waals surface area contributed by atoms with Crippen LogP contribution in [-0.2, 0) is 27.2 Å². The normalized spacial score (nSPS) is 16.2. The summed E-state index contributed by atoms with van der Waals surface area (Å²) in [5, 5.41) is 0.628. The Kier molecular flexibility index (Phi) is 12.6. The van der Waals surface area contributed by atoms with E-state index in [4.69, 9.17) is 37.4 Å². The number of nitrogens with zero attached hydrogens (tertiary/aromatic N) is 2. The van der Waals surface area contributed by atoms with Crippen molar-refractivity contribution < 1.29 is 47.8 Å². The van der Waals surface area contributed by atoms with Gasteiger partial charge in [0, 0.05) is 38.2 Å². The van der Waals surface area contributed by atoms with Crippen LogP contribution in [0, 0.1) is 5.92 Å². The molecular formula is C34H37Cl2F2N3O7. The van der Waals surface area contributed by atoms with Crippen LogP contribution in [-0.4, -0.2) is 73.0 Å². The smallest absolute Gasteiger partial charge is 0.387 e. The third kappa shape index (κ3) is 9.33. The average molecular weight is 709 g/mol. The topological polar surface area (TPSA) is 130 Å². The Labute approximate surface area is 287 Å². The Morgan fingerprint density at radius 1 is 1.02 bits per heavy atom. The zero-order chi connectivity index (χ0) is 33.7. The van der Waals surface area contributed by atoms with E-state index in [-0.39, 0.29) is 41.6 Å². The van der Waals surface area contributed by atoms with E-state index in [0.29, 0.717) is 64.2 Å². The fourth-order valence-electron chi connectivity index (χ4n) is 5.49. The van der Waals surface area contributed by atoms with Gasteiger partial charge in [-0.25, -0.2) is 9.78 Å². The number of esters is 1.